The van der Waals surface area contributed by atoms with Crippen LogP contribution in [0.1, 0.15) is 251 Å². The normalized spacial score (nSPS) is 14.1. The summed E-state index contributed by atoms with van der Waals surface area (Å²) in [7, 11) is 0. The Labute approximate surface area is 476 Å². The second-order valence-corrected chi connectivity index (χ2v) is 20.4. The fraction of sp³-hybridized carbons (Fsp3) is 0.575. The zero-order valence-electron chi connectivity index (χ0n) is 49.6. The molecule has 77 heavy (non-hydrogen) atoms. The highest BCUT2D eigenvalue weighted by Gasteiger charge is 2.17. The molecule has 0 heterocycles. The van der Waals surface area contributed by atoms with E-state index in [1.807, 2.05) is 6.08 Å². The minimum Gasteiger partial charge on any atom is -0.394 e. The van der Waals surface area contributed by atoms with Gasteiger partial charge in [-0.25, -0.2) is 0 Å². The van der Waals surface area contributed by atoms with Crippen molar-refractivity contribution in [2.45, 2.75) is 264 Å². The third kappa shape index (κ3) is 62.2. The first-order valence-corrected chi connectivity index (χ1v) is 31.5. The predicted octanol–water partition coefficient (Wildman–Crippen LogP) is 21.6. The van der Waals surface area contributed by atoms with Crippen molar-refractivity contribution in [1.82, 2.24) is 5.32 Å². The Hall–Kier alpha value is -4.51. The molecule has 0 saturated heterocycles. The summed E-state index contributed by atoms with van der Waals surface area (Å²) in [6, 6.07) is -0.675. The molecule has 0 aliphatic rings. The van der Waals surface area contributed by atoms with Gasteiger partial charge in [0.25, 0.3) is 0 Å². The van der Waals surface area contributed by atoms with E-state index in [9.17, 15) is 15.0 Å². The third-order valence-corrected chi connectivity index (χ3v) is 13.1. The average molecular weight is 1060 g/mol. The number of hydrogen-bond acceptors (Lipinski definition) is 3. The lowest BCUT2D eigenvalue weighted by Gasteiger charge is -2.19. The highest BCUT2D eigenvalue weighted by Crippen LogP contribution is 2.14. The number of amides is 1. The maximum Gasteiger partial charge on any atom is 0.220 e. The van der Waals surface area contributed by atoms with Crippen molar-refractivity contribution in [3.8, 4) is 0 Å². The van der Waals surface area contributed by atoms with Crippen LogP contribution >= 0.6 is 0 Å². The number of unbranched alkanes of at least 4 members (excludes halogenated alkanes) is 20. The van der Waals surface area contributed by atoms with Crippen LogP contribution in [0.3, 0.4) is 0 Å². The second kappa shape index (κ2) is 65.8. The number of hydrogen-bond donors (Lipinski definition) is 3. The largest absolute Gasteiger partial charge is 0.394 e. The maximum atomic E-state index is 12.5. The van der Waals surface area contributed by atoms with Crippen LogP contribution in [-0.4, -0.2) is 34.9 Å². The van der Waals surface area contributed by atoms with Gasteiger partial charge in [0, 0.05) is 6.42 Å². The van der Waals surface area contributed by atoms with Gasteiger partial charge >= 0.3 is 0 Å². The van der Waals surface area contributed by atoms with Gasteiger partial charge in [0.15, 0.2) is 0 Å². The molecule has 0 aromatic heterocycles. The molecule has 1 amide bonds. The van der Waals surface area contributed by atoms with Gasteiger partial charge in [-0.15, -0.1) is 0 Å². The van der Waals surface area contributed by atoms with Crippen LogP contribution < -0.4 is 5.32 Å². The van der Waals surface area contributed by atoms with Crippen LogP contribution in [0.5, 0.6) is 0 Å². The average Bonchev–Trinajstić information content (AvgIpc) is 3.43. The summed E-state index contributed by atoms with van der Waals surface area (Å²) >= 11 is 0. The Morgan fingerprint density at radius 3 is 0.909 bits per heavy atom. The van der Waals surface area contributed by atoms with Crippen molar-refractivity contribution in [2.75, 3.05) is 6.61 Å². The molecule has 0 aliphatic carbocycles. The molecular formula is C73H117NO3. The summed E-state index contributed by atoms with van der Waals surface area (Å²) in [5.74, 6) is -0.109. The molecule has 3 N–H and O–H groups in total. The van der Waals surface area contributed by atoms with Crippen LogP contribution in [0.15, 0.2) is 182 Å². The molecule has 0 spiro atoms. The summed E-state index contributed by atoms with van der Waals surface area (Å²) in [4.78, 5) is 12.5. The molecular weight excluding hydrogens is 939 g/mol. The smallest absolute Gasteiger partial charge is 0.220 e. The van der Waals surface area contributed by atoms with Crippen molar-refractivity contribution in [1.29, 1.82) is 0 Å². The van der Waals surface area contributed by atoms with Gasteiger partial charge in [-0.2, -0.15) is 0 Å². The number of allylic oxidation sites excluding steroid dienone is 29. The van der Waals surface area contributed by atoms with E-state index in [0.717, 1.165) is 135 Å². The van der Waals surface area contributed by atoms with Crippen LogP contribution in [0.4, 0.5) is 0 Å². The molecule has 4 nitrogen and oxygen atoms in total. The first kappa shape index (κ1) is 72.5. The molecule has 4 heteroatoms. The number of aliphatic hydroxyl groups is 2. The Balaban J connectivity index is 3.73. The van der Waals surface area contributed by atoms with Gasteiger partial charge < -0.3 is 15.5 Å². The second-order valence-electron chi connectivity index (χ2n) is 20.4. The van der Waals surface area contributed by atoms with Crippen molar-refractivity contribution in [3.63, 3.8) is 0 Å². The Morgan fingerprint density at radius 1 is 0.325 bits per heavy atom. The first-order valence-electron chi connectivity index (χ1n) is 31.5. The number of aliphatic hydroxyl groups excluding tert-OH is 2. The minimum absolute atomic E-state index is 0.109. The molecule has 2 unspecified atom stereocenters. The summed E-state index contributed by atoms with van der Waals surface area (Å²) in [6.45, 7) is 4.17. The molecule has 0 bridgehead atoms. The molecule has 0 rings (SSSR count). The molecule has 0 radical (unpaired) electrons. The standard InChI is InChI=1S/C73H117NO3/c1-3-5-7-9-11-13-15-17-19-21-23-25-27-29-30-31-32-33-34-35-36-37-38-39-40-41-42-43-44-45-47-49-51-53-55-57-59-61-63-65-67-69-73(77)74-71(70-75)72(76)68-66-64-62-60-58-56-54-52-50-48-46-28-26-24-22-20-18-16-14-12-10-8-6-4-2/h5,7,11,13,17,19,23,25,29-30,32-33,35-36,38-39,41-42,44-45,49-52,55,57-58,60,66,68,71-72,75-76H,3-4,6,8-10,12,14-16,18,20-22,24,26-28,31,34,37,40,43,46-48,53-54,56,59,61-65,67,69-70H2,1-2H3,(H,74,77)/b7-5-,13-11-,19-17-,25-23-,30-29-,33-32-,36-35-,39-38-,42-41-,45-44-,51-49-,52-50+,57-55-,60-58+,68-66+. The lowest BCUT2D eigenvalue weighted by molar-refractivity contribution is -0.123. The molecule has 0 aliphatic heterocycles. The molecule has 0 saturated carbocycles. The predicted molar refractivity (Wildman–Crippen MR) is 344 cm³/mol. The van der Waals surface area contributed by atoms with Gasteiger partial charge in [0.1, 0.15) is 0 Å². The van der Waals surface area contributed by atoms with E-state index in [2.05, 4.69) is 189 Å². The van der Waals surface area contributed by atoms with Gasteiger partial charge in [-0.3, -0.25) is 4.79 Å². The number of nitrogens with one attached hydrogen (secondary N) is 1. The van der Waals surface area contributed by atoms with E-state index in [0.29, 0.717) is 6.42 Å². The number of carbonyl (C=O) groups is 1. The molecule has 0 aromatic carbocycles. The highest BCUT2D eigenvalue weighted by atomic mass is 16.3. The molecule has 0 aromatic rings. The van der Waals surface area contributed by atoms with Crippen molar-refractivity contribution < 1.29 is 15.0 Å². The van der Waals surface area contributed by atoms with Crippen LogP contribution in [0, 0.1) is 0 Å². The lowest BCUT2D eigenvalue weighted by atomic mass is 10.0. The van der Waals surface area contributed by atoms with E-state index >= 15 is 0 Å². The molecule has 2 atom stereocenters. The quantitative estimate of drug-likeness (QED) is 0.0420. The SMILES string of the molecule is CC/C=C\C/C=C\C/C=C\C/C=C\C/C=C\C/C=C\C/C=C\C/C=C\C/C=C\C/C=C\C/C=C\C/C=C\CCCCCCC(=O)NC(CO)C(O)/C=C/CC/C=C/CC/C=C/CCCCCCCCCCCCCCCC. The maximum absolute atomic E-state index is 12.5. The Morgan fingerprint density at radius 2 is 0.584 bits per heavy atom. The highest BCUT2D eigenvalue weighted by molar-refractivity contribution is 5.76. The monoisotopic (exact) mass is 1060 g/mol. The van der Waals surface area contributed by atoms with Crippen LogP contribution in [0.2, 0.25) is 0 Å². The minimum atomic E-state index is -0.896. The van der Waals surface area contributed by atoms with E-state index in [1.54, 1.807) is 6.08 Å². The summed E-state index contributed by atoms with van der Waals surface area (Å²) in [5, 5.41) is 23.2. The number of carbonyl (C=O) groups excluding carboxylic acids is 1. The van der Waals surface area contributed by atoms with Crippen LogP contribution in [-0.2, 0) is 4.79 Å². The Kier molecular flexibility index (Phi) is 61.9. The number of rotatable bonds is 55. The molecule has 0 fully saturated rings. The van der Waals surface area contributed by atoms with Crippen molar-refractivity contribution in [2.24, 2.45) is 0 Å². The first-order chi connectivity index (χ1) is 38.2. The van der Waals surface area contributed by atoms with E-state index in [1.165, 1.54) is 96.3 Å². The van der Waals surface area contributed by atoms with E-state index in [4.69, 9.17) is 0 Å². The fourth-order valence-electron chi connectivity index (χ4n) is 8.37. The van der Waals surface area contributed by atoms with Crippen LogP contribution in [0.25, 0.3) is 0 Å². The Bertz CT molecular complexity index is 1720. The van der Waals surface area contributed by atoms with E-state index < -0.39 is 12.1 Å². The molecule has 432 valence electrons. The van der Waals surface area contributed by atoms with Crippen molar-refractivity contribution >= 4 is 5.91 Å². The van der Waals surface area contributed by atoms with Crippen molar-refractivity contribution in [3.05, 3.63) is 182 Å². The third-order valence-electron chi connectivity index (χ3n) is 13.1. The summed E-state index contributed by atoms with van der Waals surface area (Å²) < 4.78 is 0. The van der Waals surface area contributed by atoms with Gasteiger partial charge in [-0.05, 0) is 135 Å². The topological polar surface area (TPSA) is 69.6 Å². The van der Waals surface area contributed by atoms with E-state index in [-0.39, 0.29) is 12.5 Å². The fourth-order valence-corrected chi connectivity index (χ4v) is 8.37. The summed E-state index contributed by atoms with van der Waals surface area (Å²) in [5.41, 5.74) is 0. The summed E-state index contributed by atoms with van der Waals surface area (Å²) in [6.07, 6.45) is 108. The lowest BCUT2D eigenvalue weighted by Crippen LogP contribution is -2.45. The van der Waals surface area contributed by atoms with Gasteiger partial charge in [0.05, 0.1) is 18.8 Å². The van der Waals surface area contributed by atoms with Gasteiger partial charge in [0.2, 0.25) is 5.91 Å². The zero-order valence-corrected chi connectivity index (χ0v) is 49.6. The van der Waals surface area contributed by atoms with Gasteiger partial charge in [-0.1, -0.05) is 292 Å². The zero-order chi connectivity index (χ0) is 55.5.